The minimum atomic E-state index is -0.799. The number of halogens is 3. The van der Waals surface area contributed by atoms with Crippen molar-refractivity contribution in [3.63, 3.8) is 0 Å². The van der Waals surface area contributed by atoms with Crippen molar-refractivity contribution in [1.82, 2.24) is 0 Å². The van der Waals surface area contributed by atoms with E-state index >= 15 is 0 Å². The van der Waals surface area contributed by atoms with Gasteiger partial charge in [-0.1, -0.05) is 34.8 Å². The van der Waals surface area contributed by atoms with Crippen LogP contribution in [0.5, 0.6) is 0 Å². The highest BCUT2D eigenvalue weighted by atomic mass is 35.5. The zero-order valence-corrected chi connectivity index (χ0v) is 8.45. The van der Waals surface area contributed by atoms with Crippen molar-refractivity contribution in [2.24, 2.45) is 5.90 Å². The zero-order chi connectivity index (χ0) is 10.0. The molecule has 3 nitrogen and oxygen atoms in total. The van der Waals surface area contributed by atoms with Gasteiger partial charge in [-0.25, -0.2) is 4.79 Å². The number of carbonyl (C=O) groups excluding carboxylic acids is 1. The van der Waals surface area contributed by atoms with Crippen LogP contribution in [0.3, 0.4) is 0 Å². The average molecular weight is 240 g/mol. The Bertz CT molecular complexity index is 331. The topological polar surface area (TPSA) is 52.3 Å². The molecule has 0 amide bonds. The van der Waals surface area contributed by atoms with Gasteiger partial charge in [0.1, 0.15) is 0 Å². The van der Waals surface area contributed by atoms with E-state index < -0.39 is 5.97 Å². The maximum Gasteiger partial charge on any atom is 0.359 e. The molecule has 2 N–H and O–H groups in total. The highest BCUT2D eigenvalue weighted by Crippen LogP contribution is 2.29. The smallest absolute Gasteiger partial charge is 0.359 e. The minimum Gasteiger partial charge on any atom is -0.370 e. The first-order valence-electron chi connectivity index (χ1n) is 3.12. The summed E-state index contributed by atoms with van der Waals surface area (Å²) in [4.78, 5) is 15.0. The van der Waals surface area contributed by atoms with Gasteiger partial charge in [0.25, 0.3) is 0 Å². The van der Waals surface area contributed by atoms with Crippen molar-refractivity contribution in [3.05, 3.63) is 32.8 Å². The Labute approximate surface area is 89.3 Å². The van der Waals surface area contributed by atoms with Crippen LogP contribution in [-0.2, 0) is 4.84 Å². The Morgan fingerprint density at radius 3 is 2.08 bits per heavy atom. The fraction of sp³-hybridized carbons (Fsp3) is 0. The molecule has 0 aliphatic rings. The molecule has 70 valence electrons. The fourth-order valence-electron chi connectivity index (χ4n) is 0.796. The molecule has 0 aliphatic heterocycles. The Kier molecular flexibility index (Phi) is 3.39. The quantitative estimate of drug-likeness (QED) is 0.768. The maximum atomic E-state index is 11.0. The van der Waals surface area contributed by atoms with Crippen LogP contribution in [0.4, 0.5) is 0 Å². The highest BCUT2D eigenvalue weighted by molar-refractivity contribution is 6.41. The monoisotopic (exact) mass is 239 g/mol. The van der Waals surface area contributed by atoms with Crippen LogP contribution in [0.25, 0.3) is 0 Å². The average Bonchev–Trinajstić information content (AvgIpc) is 2.02. The van der Waals surface area contributed by atoms with Crippen LogP contribution >= 0.6 is 34.8 Å². The second-order valence-corrected chi connectivity index (χ2v) is 3.40. The van der Waals surface area contributed by atoms with Crippen molar-refractivity contribution >= 4 is 40.8 Å². The minimum absolute atomic E-state index is 0.00948. The lowest BCUT2D eigenvalue weighted by Gasteiger charge is -2.03. The summed E-state index contributed by atoms with van der Waals surface area (Å²) in [7, 11) is 0. The second kappa shape index (κ2) is 4.15. The van der Waals surface area contributed by atoms with Crippen molar-refractivity contribution in [2.45, 2.75) is 0 Å². The summed E-state index contributed by atoms with van der Waals surface area (Å²) in [6, 6.07) is 2.75. The third-order valence-corrected chi connectivity index (χ3v) is 2.13. The van der Waals surface area contributed by atoms with Crippen LogP contribution in [0.1, 0.15) is 10.4 Å². The molecule has 6 heteroatoms. The Balaban J connectivity index is 3.28. The van der Waals surface area contributed by atoms with Crippen LogP contribution in [0.15, 0.2) is 12.1 Å². The lowest BCUT2D eigenvalue weighted by Crippen LogP contribution is -2.11. The van der Waals surface area contributed by atoms with Gasteiger partial charge < -0.3 is 4.84 Å². The van der Waals surface area contributed by atoms with E-state index in [1.165, 1.54) is 12.1 Å². The van der Waals surface area contributed by atoms with Gasteiger partial charge in [-0.15, -0.1) is 0 Å². The maximum absolute atomic E-state index is 11.0. The summed E-state index contributed by atoms with van der Waals surface area (Å²) in [5.74, 6) is 3.88. The van der Waals surface area contributed by atoms with Gasteiger partial charge >= 0.3 is 5.97 Å². The summed E-state index contributed by atoms with van der Waals surface area (Å²) in [5.41, 5.74) is 0.00948. The van der Waals surface area contributed by atoms with Gasteiger partial charge in [-0.3, -0.25) is 0 Å². The molecule has 1 aromatic rings. The Hall–Kier alpha value is -0.480. The number of rotatable bonds is 1. The van der Waals surface area contributed by atoms with Crippen molar-refractivity contribution in [3.8, 4) is 0 Å². The fourth-order valence-corrected chi connectivity index (χ4v) is 1.77. The Morgan fingerprint density at radius 2 is 1.69 bits per heavy atom. The van der Waals surface area contributed by atoms with Gasteiger partial charge in [0.05, 0.1) is 15.6 Å². The van der Waals surface area contributed by atoms with Crippen molar-refractivity contribution in [2.75, 3.05) is 0 Å². The number of hydrogen-bond acceptors (Lipinski definition) is 3. The van der Waals surface area contributed by atoms with Crippen molar-refractivity contribution < 1.29 is 9.63 Å². The number of hydrogen-bond donors (Lipinski definition) is 1. The second-order valence-electron chi connectivity index (χ2n) is 2.15. The number of carbonyl (C=O) groups is 1. The molecule has 0 saturated carbocycles. The van der Waals surface area contributed by atoms with Gasteiger partial charge in [-0.2, -0.15) is 5.90 Å². The first-order chi connectivity index (χ1) is 6.06. The SMILES string of the molecule is NOC(=O)c1c(Cl)cc(Cl)cc1Cl. The molecule has 0 saturated heterocycles. The molecule has 0 aromatic heterocycles. The summed E-state index contributed by atoms with van der Waals surface area (Å²) >= 11 is 17.0. The standard InChI is InChI=1S/C7H4Cl3NO2/c8-3-1-4(9)6(5(10)2-3)7(12)13-11/h1-2H,11H2. The zero-order valence-electron chi connectivity index (χ0n) is 6.18. The van der Waals surface area contributed by atoms with Crippen LogP contribution in [-0.4, -0.2) is 5.97 Å². The largest absolute Gasteiger partial charge is 0.370 e. The molecule has 1 aromatic carbocycles. The van der Waals surface area contributed by atoms with E-state index in [4.69, 9.17) is 34.8 Å². The summed E-state index contributed by atoms with van der Waals surface area (Å²) in [6.45, 7) is 0. The third kappa shape index (κ3) is 2.25. The molecular formula is C7H4Cl3NO2. The molecule has 13 heavy (non-hydrogen) atoms. The molecule has 0 bridgehead atoms. The van der Waals surface area contributed by atoms with Crippen LogP contribution in [0, 0.1) is 0 Å². The highest BCUT2D eigenvalue weighted by Gasteiger charge is 2.16. The van der Waals surface area contributed by atoms with Gasteiger partial charge in [0.15, 0.2) is 0 Å². The predicted octanol–water partition coefficient (Wildman–Crippen LogP) is 2.68. The molecular weight excluding hydrogens is 236 g/mol. The van der Waals surface area contributed by atoms with Crippen LogP contribution < -0.4 is 5.90 Å². The molecule has 0 atom stereocenters. The first kappa shape index (κ1) is 10.6. The number of nitrogens with two attached hydrogens (primary N) is 1. The molecule has 0 spiro atoms. The van der Waals surface area contributed by atoms with E-state index in [0.717, 1.165) is 0 Å². The number of benzene rings is 1. The summed E-state index contributed by atoms with van der Waals surface area (Å²) < 4.78 is 0. The van der Waals surface area contributed by atoms with E-state index in [9.17, 15) is 4.79 Å². The van der Waals surface area contributed by atoms with Gasteiger partial charge in [-0.05, 0) is 12.1 Å². The lowest BCUT2D eigenvalue weighted by atomic mass is 10.2. The molecule has 1 rings (SSSR count). The Morgan fingerprint density at radius 1 is 1.23 bits per heavy atom. The third-order valence-electron chi connectivity index (χ3n) is 1.32. The first-order valence-corrected chi connectivity index (χ1v) is 4.25. The normalized spacial score (nSPS) is 9.85. The van der Waals surface area contributed by atoms with Gasteiger partial charge in [0.2, 0.25) is 0 Å². The molecule has 0 aliphatic carbocycles. The van der Waals surface area contributed by atoms with E-state index in [1.807, 2.05) is 0 Å². The molecule has 0 fully saturated rings. The molecule has 0 heterocycles. The van der Waals surface area contributed by atoms with E-state index in [1.54, 1.807) is 0 Å². The van der Waals surface area contributed by atoms with E-state index in [-0.39, 0.29) is 15.6 Å². The van der Waals surface area contributed by atoms with E-state index in [2.05, 4.69) is 10.7 Å². The van der Waals surface area contributed by atoms with Crippen LogP contribution in [0.2, 0.25) is 15.1 Å². The molecule has 0 unspecified atom stereocenters. The van der Waals surface area contributed by atoms with E-state index in [0.29, 0.717) is 5.02 Å². The molecule has 0 radical (unpaired) electrons. The van der Waals surface area contributed by atoms with Gasteiger partial charge in [0, 0.05) is 5.02 Å². The lowest BCUT2D eigenvalue weighted by molar-refractivity contribution is 0.0504. The van der Waals surface area contributed by atoms with Crippen molar-refractivity contribution in [1.29, 1.82) is 0 Å². The summed E-state index contributed by atoms with van der Waals surface area (Å²) in [5, 5.41) is 0.546. The summed E-state index contributed by atoms with van der Waals surface area (Å²) in [6.07, 6.45) is 0. The predicted molar refractivity (Wildman–Crippen MR) is 51.1 cm³/mol.